The van der Waals surface area contributed by atoms with Crippen LogP contribution in [-0.4, -0.2) is 12.6 Å². The topological polar surface area (TPSA) is 38.0 Å². The highest BCUT2D eigenvalue weighted by Crippen LogP contribution is 2.17. The van der Waals surface area contributed by atoms with E-state index in [0.717, 1.165) is 6.07 Å². The van der Waals surface area contributed by atoms with Gasteiger partial charge in [-0.1, -0.05) is 13.8 Å². The molecular weight excluding hydrogens is 198 g/mol. The maximum absolute atomic E-state index is 13.3. The van der Waals surface area contributed by atoms with Crippen molar-refractivity contribution in [2.45, 2.75) is 19.9 Å². The summed E-state index contributed by atoms with van der Waals surface area (Å²) in [4.78, 5) is 0. The summed E-state index contributed by atoms with van der Waals surface area (Å²) in [5.41, 5.74) is 5.83. The zero-order chi connectivity index (χ0) is 11.4. The van der Waals surface area contributed by atoms with Crippen molar-refractivity contribution in [3.8, 4) is 0 Å². The molecule has 1 atom stereocenters. The lowest BCUT2D eigenvalue weighted by atomic mass is 10.0. The van der Waals surface area contributed by atoms with E-state index in [4.69, 9.17) is 5.73 Å². The molecule has 0 aliphatic carbocycles. The van der Waals surface area contributed by atoms with Crippen LogP contribution in [0.15, 0.2) is 18.2 Å². The molecule has 0 aliphatic rings. The molecule has 0 amide bonds. The zero-order valence-corrected chi connectivity index (χ0v) is 8.93. The Morgan fingerprint density at radius 2 is 2.00 bits per heavy atom. The SMILES string of the molecule is CC(C)C(CN)Nc1ccc(F)cc1F. The molecule has 1 aromatic rings. The zero-order valence-electron chi connectivity index (χ0n) is 8.93. The van der Waals surface area contributed by atoms with Crippen LogP contribution in [0.5, 0.6) is 0 Å². The van der Waals surface area contributed by atoms with Gasteiger partial charge in [-0.15, -0.1) is 0 Å². The maximum Gasteiger partial charge on any atom is 0.149 e. The number of nitrogens with two attached hydrogens (primary N) is 1. The summed E-state index contributed by atoms with van der Waals surface area (Å²) in [6.45, 7) is 4.40. The average molecular weight is 214 g/mol. The van der Waals surface area contributed by atoms with Gasteiger partial charge in [0.1, 0.15) is 11.6 Å². The van der Waals surface area contributed by atoms with Gasteiger partial charge in [0.15, 0.2) is 0 Å². The third kappa shape index (κ3) is 3.16. The quantitative estimate of drug-likeness (QED) is 0.807. The second-order valence-electron chi connectivity index (χ2n) is 3.85. The molecule has 1 rings (SSSR count). The van der Waals surface area contributed by atoms with Gasteiger partial charge in [0.05, 0.1) is 5.69 Å². The molecule has 0 spiro atoms. The van der Waals surface area contributed by atoms with Crippen molar-refractivity contribution in [3.63, 3.8) is 0 Å². The average Bonchev–Trinajstić information content (AvgIpc) is 2.16. The van der Waals surface area contributed by atoms with Gasteiger partial charge >= 0.3 is 0 Å². The summed E-state index contributed by atoms with van der Waals surface area (Å²) in [5.74, 6) is -0.875. The van der Waals surface area contributed by atoms with Crippen LogP contribution in [-0.2, 0) is 0 Å². The van der Waals surface area contributed by atoms with Crippen molar-refractivity contribution in [1.82, 2.24) is 0 Å². The predicted octanol–water partition coefficient (Wildman–Crippen LogP) is 2.36. The molecule has 0 aliphatic heterocycles. The summed E-state index contributed by atoms with van der Waals surface area (Å²) >= 11 is 0. The summed E-state index contributed by atoms with van der Waals surface area (Å²) in [6.07, 6.45) is 0. The first-order valence-corrected chi connectivity index (χ1v) is 4.96. The van der Waals surface area contributed by atoms with E-state index >= 15 is 0 Å². The second-order valence-corrected chi connectivity index (χ2v) is 3.85. The number of hydrogen-bond acceptors (Lipinski definition) is 2. The molecule has 0 fully saturated rings. The Morgan fingerprint density at radius 1 is 1.33 bits per heavy atom. The molecule has 0 heterocycles. The molecule has 15 heavy (non-hydrogen) atoms. The van der Waals surface area contributed by atoms with Crippen molar-refractivity contribution in [1.29, 1.82) is 0 Å². The maximum atomic E-state index is 13.3. The lowest BCUT2D eigenvalue weighted by molar-refractivity contribution is 0.524. The van der Waals surface area contributed by atoms with E-state index in [1.807, 2.05) is 13.8 Å². The van der Waals surface area contributed by atoms with E-state index < -0.39 is 11.6 Å². The van der Waals surface area contributed by atoms with Crippen LogP contribution in [0.4, 0.5) is 14.5 Å². The lowest BCUT2D eigenvalue weighted by Crippen LogP contribution is -2.34. The van der Waals surface area contributed by atoms with Gasteiger partial charge in [0, 0.05) is 18.7 Å². The van der Waals surface area contributed by atoms with E-state index in [1.54, 1.807) is 0 Å². The van der Waals surface area contributed by atoms with Crippen molar-refractivity contribution in [2.75, 3.05) is 11.9 Å². The number of rotatable bonds is 4. The highest BCUT2D eigenvalue weighted by atomic mass is 19.1. The minimum absolute atomic E-state index is 0.00930. The second kappa shape index (κ2) is 5.07. The standard InChI is InChI=1S/C11H16F2N2/c1-7(2)11(6-14)15-10-4-3-8(12)5-9(10)13/h3-5,7,11,15H,6,14H2,1-2H3. The molecule has 3 N–H and O–H groups in total. The van der Waals surface area contributed by atoms with Gasteiger partial charge in [0.2, 0.25) is 0 Å². The number of nitrogens with one attached hydrogen (secondary N) is 1. The predicted molar refractivity (Wildman–Crippen MR) is 57.7 cm³/mol. The monoisotopic (exact) mass is 214 g/mol. The molecule has 0 bridgehead atoms. The Balaban J connectivity index is 2.79. The van der Waals surface area contributed by atoms with E-state index in [0.29, 0.717) is 18.2 Å². The van der Waals surface area contributed by atoms with Crippen molar-refractivity contribution < 1.29 is 8.78 Å². The smallest absolute Gasteiger partial charge is 0.149 e. The van der Waals surface area contributed by atoms with Crippen LogP contribution in [0.3, 0.4) is 0 Å². The van der Waals surface area contributed by atoms with Crippen LogP contribution in [0, 0.1) is 17.6 Å². The van der Waals surface area contributed by atoms with Crippen LogP contribution in [0.1, 0.15) is 13.8 Å². The Hall–Kier alpha value is -1.16. The third-order valence-electron chi connectivity index (χ3n) is 2.33. The van der Waals surface area contributed by atoms with Crippen LogP contribution in [0.2, 0.25) is 0 Å². The Kier molecular flexibility index (Phi) is 4.03. The highest BCUT2D eigenvalue weighted by molar-refractivity contribution is 5.45. The van der Waals surface area contributed by atoms with Crippen molar-refractivity contribution in [3.05, 3.63) is 29.8 Å². The molecule has 1 unspecified atom stereocenters. The fraction of sp³-hybridized carbons (Fsp3) is 0.455. The first-order chi connectivity index (χ1) is 7.04. The molecule has 0 radical (unpaired) electrons. The molecule has 2 nitrogen and oxygen atoms in total. The van der Waals surface area contributed by atoms with Gasteiger partial charge in [-0.2, -0.15) is 0 Å². The molecule has 1 aromatic carbocycles. The number of halogens is 2. The van der Waals surface area contributed by atoms with Crippen molar-refractivity contribution >= 4 is 5.69 Å². The summed E-state index contributed by atoms with van der Waals surface area (Å²) in [7, 11) is 0. The first-order valence-electron chi connectivity index (χ1n) is 4.96. The highest BCUT2D eigenvalue weighted by Gasteiger charge is 2.13. The molecular formula is C11H16F2N2. The van der Waals surface area contributed by atoms with Gasteiger partial charge in [-0.3, -0.25) is 0 Å². The number of anilines is 1. The van der Waals surface area contributed by atoms with Crippen molar-refractivity contribution in [2.24, 2.45) is 11.7 Å². The Morgan fingerprint density at radius 3 is 2.47 bits per heavy atom. The molecule has 0 saturated heterocycles. The third-order valence-corrected chi connectivity index (χ3v) is 2.33. The summed E-state index contributed by atoms with van der Waals surface area (Å²) in [6, 6.07) is 3.45. The van der Waals surface area contributed by atoms with Crippen LogP contribution >= 0.6 is 0 Å². The normalized spacial score (nSPS) is 12.9. The number of hydrogen-bond donors (Lipinski definition) is 2. The lowest BCUT2D eigenvalue weighted by Gasteiger charge is -2.22. The summed E-state index contributed by atoms with van der Waals surface area (Å²) < 4.78 is 25.9. The van der Waals surface area contributed by atoms with E-state index in [2.05, 4.69) is 5.32 Å². The van der Waals surface area contributed by atoms with Gasteiger partial charge in [-0.05, 0) is 18.1 Å². The largest absolute Gasteiger partial charge is 0.378 e. The molecule has 84 valence electrons. The minimum atomic E-state index is -0.589. The van der Waals surface area contributed by atoms with E-state index in [-0.39, 0.29) is 6.04 Å². The van der Waals surface area contributed by atoms with Gasteiger partial charge in [0.25, 0.3) is 0 Å². The molecule has 0 aromatic heterocycles. The van der Waals surface area contributed by atoms with E-state index in [1.165, 1.54) is 12.1 Å². The first kappa shape index (κ1) is 11.9. The Labute approximate surface area is 88.5 Å². The molecule has 4 heteroatoms. The van der Waals surface area contributed by atoms with Crippen LogP contribution < -0.4 is 11.1 Å². The van der Waals surface area contributed by atoms with E-state index in [9.17, 15) is 8.78 Å². The Bertz CT molecular complexity index is 326. The van der Waals surface area contributed by atoms with Crippen LogP contribution in [0.25, 0.3) is 0 Å². The minimum Gasteiger partial charge on any atom is -0.378 e. The fourth-order valence-electron chi connectivity index (χ4n) is 1.30. The van der Waals surface area contributed by atoms with Gasteiger partial charge < -0.3 is 11.1 Å². The molecule has 0 saturated carbocycles. The number of benzene rings is 1. The summed E-state index contributed by atoms with van der Waals surface area (Å²) in [5, 5.41) is 2.96. The fourth-order valence-corrected chi connectivity index (χ4v) is 1.30. The van der Waals surface area contributed by atoms with Gasteiger partial charge in [-0.25, -0.2) is 8.78 Å².